The van der Waals surface area contributed by atoms with Crippen molar-refractivity contribution < 1.29 is 9.84 Å². The van der Waals surface area contributed by atoms with Gasteiger partial charge in [0.1, 0.15) is 17.5 Å². The van der Waals surface area contributed by atoms with Crippen molar-refractivity contribution in [2.75, 3.05) is 13.1 Å². The Balaban J connectivity index is 2.14. The third-order valence-electron chi connectivity index (χ3n) is 3.19. The van der Waals surface area contributed by atoms with Gasteiger partial charge in [0.2, 0.25) is 0 Å². The van der Waals surface area contributed by atoms with Crippen molar-refractivity contribution in [3.05, 3.63) is 28.2 Å². The number of hydrogen-bond donors (Lipinski definition) is 2. The second-order valence-electron chi connectivity index (χ2n) is 4.85. The summed E-state index contributed by atoms with van der Waals surface area (Å²) in [7, 11) is 0. The van der Waals surface area contributed by atoms with Crippen molar-refractivity contribution in [2.45, 2.75) is 32.0 Å². The largest absolute Gasteiger partial charge is 0.485 e. The first kappa shape index (κ1) is 12.9. The Bertz CT molecular complexity index is 406. The van der Waals surface area contributed by atoms with Crippen LogP contribution in [-0.4, -0.2) is 29.9 Å². The lowest BCUT2D eigenvalue weighted by atomic mass is 9.92. The van der Waals surface area contributed by atoms with E-state index in [1.807, 2.05) is 32.0 Å². The molecule has 4 heteroatoms. The average Bonchev–Trinajstić information content (AvgIpc) is 2.24. The molecule has 2 rings (SSSR count). The molecule has 1 aromatic rings. The number of aryl methyl sites for hydroxylation is 1. The van der Waals surface area contributed by atoms with E-state index in [0.717, 1.165) is 16.8 Å². The number of piperidine rings is 1. The van der Waals surface area contributed by atoms with Crippen LogP contribution in [0.3, 0.4) is 0 Å². The van der Waals surface area contributed by atoms with Gasteiger partial charge in [-0.25, -0.2) is 0 Å². The first-order valence-electron chi connectivity index (χ1n) is 5.85. The highest BCUT2D eigenvalue weighted by Crippen LogP contribution is 2.30. The van der Waals surface area contributed by atoms with Crippen molar-refractivity contribution in [1.29, 1.82) is 0 Å². The van der Waals surface area contributed by atoms with Crippen LogP contribution in [-0.2, 0) is 0 Å². The van der Waals surface area contributed by atoms with E-state index < -0.39 is 5.60 Å². The average molecular weight is 300 g/mol. The standard InChI is InChI=1S/C13H18BrNO2/c1-9-3-4-11(10(14)7-9)17-12-8-15-6-5-13(12,2)16/h3-4,7,12,15-16H,5-6,8H2,1-2H3. The highest BCUT2D eigenvalue weighted by Gasteiger charge is 2.36. The van der Waals surface area contributed by atoms with Gasteiger partial charge in [-0.1, -0.05) is 6.07 Å². The van der Waals surface area contributed by atoms with Gasteiger partial charge in [0.25, 0.3) is 0 Å². The van der Waals surface area contributed by atoms with E-state index in [0.29, 0.717) is 13.0 Å². The molecule has 1 fully saturated rings. The smallest absolute Gasteiger partial charge is 0.139 e. The summed E-state index contributed by atoms with van der Waals surface area (Å²) in [6.45, 7) is 5.38. The molecule has 2 N–H and O–H groups in total. The summed E-state index contributed by atoms with van der Waals surface area (Å²) in [5.74, 6) is 0.782. The summed E-state index contributed by atoms with van der Waals surface area (Å²) in [5.41, 5.74) is 0.410. The van der Waals surface area contributed by atoms with E-state index in [2.05, 4.69) is 21.2 Å². The van der Waals surface area contributed by atoms with E-state index in [4.69, 9.17) is 4.74 Å². The Labute approximate surface area is 110 Å². The van der Waals surface area contributed by atoms with Gasteiger partial charge in [-0.3, -0.25) is 0 Å². The Morgan fingerprint density at radius 3 is 2.94 bits per heavy atom. The van der Waals surface area contributed by atoms with Crippen molar-refractivity contribution in [3.8, 4) is 5.75 Å². The summed E-state index contributed by atoms with van der Waals surface area (Å²) in [4.78, 5) is 0. The minimum Gasteiger partial charge on any atom is -0.485 e. The maximum atomic E-state index is 10.3. The van der Waals surface area contributed by atoms with Gasteiger partial charge in [-0.2, -0.15) is 0 Å². The number of halogens is 1. The summed E-state index contributed by atoms with van der Waals surface area (Å²) in [6.07, 6.45) is 0.497. The molecule has 1 aliphatic heterocycles. The highest BCUT2D eigenvalue weighted by atomic mass is 79.9. The van der Waals surface area contributed by atoms with Crippen molar-refractivity contribution in [1.82, 2.24) is 5.32 Å². The molecule has 17 heavy (non-hydrogen) atoms. The molecule has 1 heterocycles. The van der Waals surface area contributed by atoms with E-state index in [1.165, 1.54) is 5.56 Å². The second kappa shape index (κ2) is 4.96. The molecule has 94 valence electrons. The van der Waals surface area contributed by atoms with Gasteiger partial charge in [0, 0.05) is 6.54 Å². The molecular weight excluding hydrogens is 282 g/mol. The van der Waals surface area contributed by atoms with Crippen LogP contribution < -0.4 is 10.1 Å². The summed E-state index contributed by atoms with van der Waals surface area (Å²) in [5, 5.41) is 13.5. The number of nitrogens with one attached hydrogen (secondary N) is 1. The molecule has 1 aliphatic rings. The molecule has 1 aromatic carbocycles. The fourth-order valence-electron chi connectivity index (χ4n) is 1.98. The first-order valence-corrected chi connectivity index (χ1v) is 6.64. The van der Waals surface area contributed by atoms with Crippen molar-refractivity contribution in [3.63, 3.8) is 0 Å². The zero-order valence-corrected chi connectivity index (χ0v) is 11.8. The van der Waals surface area contributed by atoms with E-state index >= 15 is 0 Å². The summed E-state index contributed by atoms with van der Waals surface area (Å²) >= 11 is 3.48. The molecule has 0 spiro atoms. The SMILES string of the molecule is Cc1ccc(OC2CNCCC2(C)O)c(Br)c1. The molecule has 2 unspecified atom stereocenters. The maximum absolute atomic E-state index is 10.3. The minimum atomic E-state index is -0.768. The van der Waals surface area contributed by atoms with Gasteiger partial charge < -0.3 is 15.2 Å². The molecule has 0 radical (unpaired) electrons. The third-order valence-corrected chi connectivity index (χ3v) is 3.81. The zero-order valence-electron chi connectivity index (χ0n) is 10.2. The minimum absolute atomic E-state index is 0.213. The van der Waals surface area contributed by atoms with E-state index in [-0.39, 0.29) is 6.10 Å². The Hall–Kier alpha value is -0.580. The molecule has 3 nitrogen and oxygen atoms in total. The monoisotopic (exact) mass is 299 g/mol. The normalized spacial score (nSPS) is 29.1. The molecule has 0 bridgehead atoms. The van der Waals surface area contributed by atoms with Crippen LogP contribution in [0.5, 0.6) is 5.75 Å². The van der Waals surface area contributed by atoms with E-state index in [9.17, 15) is 5.11 Å². The lowest BCUT2D eigenvalue weighted by Gasteiger charge is -2.37. The topological polar surface area (TPSA) is 41.5 Å². The highest BCUT2D eigenvalue weighted by molar-refractivity contribution is 9.10. The number of ether oxygens (including phenoxy) is 1. The lowest BCUT2D eigenvalue weighted by molar-refractivity contribution is -0.0660. The summed E-state index contributed by atoms with van der Waals surface area (Å²) in [6, 6.07) is 5.95. The van der Waals surface area contributed by atoms with Crippen LogP contribution in [0.2, 0.25) is 0 Å². The quantitative estimate of drug-likeness (QED) is 0.880. The number of hydrogen-bond acceptors (Lipinski definition) is 3. The van der Waals surface area contributed by atoms with Gasteiger partial charge in [-0.05, 0) is 60.4 Å². The molecule has 0 saturated carbocycles. The van der Waals surface area contributed by atoms with Gasteiger partial charge in [0.05, 0.1) is 4.47 Å². The molecule has 0 amide bonds. The van der Waals surface area contributed by atoms with Crippen molar-refractivity contribution >= 4 is 15.9 Å². The maximum Gasteiger partial charge on any atom is 0.139 e. The van der Waals surface area contributed by atoms with Crippen LogP contribution in [0, 0.1) is 6.92 Å². The first-order chi connectivity index (χ1) is 7.99. The predicted molar refractivity (Wildman–Crippen MR) is 71.4 cm³/mol. The fraction of sp³-hybridized carbons (Fsp3) is 0.538. The molecular formula is C13H18BrNO2. The van der Waals surface area contributed by atoms with Gasteiger partial charge in [-0.15, -0.1) is 0 Å². The Kier molecular flexibility index (Phi) is 3.76. The lowest BCUT2D eigenvalue weighted by Crippen LogP contribution is -2.55. The second-order valence-corrected chi connectivity index (χ2v) is 5.71. The predicted octanol–water partition coefficient (Wildman–Crippen LogP) is 2.25. The van der Waals surface area contributed by atoms with Crippen LogP contribution in [0.4, 0.5) is 0 Å². The van der Waals surface area contributed by atoms with Gasteiger partial charge >= 0.3 is 0 Å². The Morgan fingerprint density at radius 1 is 1.53 bits per heavy atom. The van der Waals surface area contributed by atoms with Crippen LogP contribution in [0.25, 0.3) is 0 Å². The fourth-order valence-corrected chi connectivity index (χ4v) is 2.57. The summed E-state index contributed by atoms with van der Waals surface area (Å²) < 4.78 is 6.83. The number of aliphatic hydroxyl groups is 1. The zero-order chi connectivity index (χ0) is 12.5. The Morgan fingerprint density at radius 2 is 2.29 bits per heavy atom. The van der Waals surface area contributed by atoms with Gasteiger partial charge in [0.15, 0.2) is 0 Å². The number of benzene rings is 1. The van der Waals surface area contributed by atoms with Crippen molar-refractivity contribution in [2.24, 2.45) is 0 Å². The molecule has 2 atom stereocenters. The van der Waals surface area contributed by atoms with Crippen LogP contribution >= 0.6 is 15.9 Å². The molecule has 1 saturated heterocycles. The molecule has 0 aromatic heterocycles. The number of rotatable bonds is 2. The molecule has 0 aliphatic carbocycles. The van der Waals surface area contributed by atoms with E-state index in [1.54, 1.807) is 0 Å². The van der Waals surface area contributed by atoms with Crippen LogP contribution in [0.15, 0.2) is 22.7 Å². The van der Waals surface area contributed by atoms with Crippen LogP contribution in [0.1, 0.15) is 18.9 Å². The third kappa shape index (κ3) is 3.00.